The van der Waals surface area contributed by atoms with E-state index >= 15 is 0 Å². The van der Waals surface area contributed by atoms with Gasteiger partial charge in [0.05, 0.1) is 36.4 Å². The number of carbonyl (C=O) groups is 1. The summed E-state index contributed by atoms with van der Waals surface area (Å²) in [6, 6.07) is 13.7. The standard InChI is InChI=1S/C20H22FN3OS/c1-3-23(4-2)12-13-24(19(25)15-8-7-9-16(21)14-15)20-22-17-10-5-6-11-18(17)26-20/h5-11,14H,3-4,12-13H2,1-2H3/p+1. The van der Waals surface area contributed by atoms with Crippen LogP contribution >= 0.6 is 11.3 Å². The van der Waals surface area contributed by atoms with Gasteiger partial charge in [0.25, 0.3) is 5.91 Å². The molecule has 0 spiro atoms. The van der Waals surface area contributed by atoms with Gasteiger partial charge in [0.2, 0.25) is 0 Å². The molecule has 0 aliphatic carbocycles. The topological polar surface area (TPSA) is 37.6 Å². The maximum atomic E-state index is 13.6. The summed E-state index contributed by atoms with van der Waals surface area (Å²) in [6.45, 7) is 7.64. The first kappa shape index (κ1) is 18.5. The minimum atomic E-state index is -0.408. The Morgan fingerprint density at radius 2 is 1.92 bits per heavy atom. The van der Waals surface area contributed by atoms with Crippen molar-refractivity contribution in [2.45, 2.75) is 13.8 Å². The van der Waals surface area contributed by atoms with Gasteiger partial charge in [-0.25, -0.2) is 9.37 Å². The Kier molecular flexibility index (Phi) is 5.96. The molecule has 0 fully saturated rings. The summed E-state index contributed by atoms with van der Waals surface area (Å²) in [5.41, 5.74) is 1.22. The number of amides is 1. The Bertz CT molecular complexity index is 858. The molecule has 0 bridgehead atoms. The van der Waals surface area contributed by atoms with Crippen molar-refractivity contribution in [1.29, 1.82) is 0 Å². The molecule has 2 aromatic carbocycles. The highest BCUT2D eigenvalue weighted by molar-refractivity contribution is 7.22. The Morgan fingerprint density at radius 3 is 2.62 bits per heavy atom. The van der Waals surface area contributed by atoms with E-state index in [4.69, 9.17) is 0 Å². The largest absolute Gasteiger partial charge is 0.334 e. The number of nitrogens with one attached hydrogen (secondary N) is 1. The van der Waals surface area contributed by atoms with Crippen LogP contribution < -0.4 is 9.80 Å². The predicted molar refractivity (Wildman–Crippen MR) is 105 cm³/mol. The lowest BCUT2D eigenvalue weighted by molar-refractivity contribution is -0.894. The van der Waals surface area contributed by atoms with Crippen molar-refractivity contribution in [3.05, 3.63) is 59.9 Å². The first-order valence-electron chi connectivity index (χ1n) is 8.89. The number of hydrogen-bond donors (Lipinski definition) is 1. The molecule has 0 saturated heterocycles. The van der Waals surface area contributed by atoms with Gasteiger partial charge < -0.3 is 4.90 Å². The fourth-order valence-corrected chi connectivity index (χ4v) is 3.90. The number of rotatable bonds is 7. The van der Waals surface area contributed by atoms with Gasteiger partial charge in [-0.05, 0) is 44.2 Å². The van der Waals surface area contributed by atoms with Crippen molar-refractivity contribution in [1.82, 2.24) is 4.98 Å². The van der Waals surface area contributed by atoms with Crippen LogP contribution in [0.4, 0.5) is 9.52 Å². The molecule has 0 saturated carbocycles. The highest BCUT2D eigenvalue weighted by Crippen LogP contribution is 2.29. The third-order valence-electron chi connectivity index (χ3n) is 4.52. The van der Waals surface area contributed by atoms with E-state index in [1.54, 1.807) is 17.0 Å². The summed E-state index contributed by atoms with van der Waals surface area (Å²) < 4.78 is 14.6. The van der Waals surface area contributed by atoms with Crippen LogP contribution in [0.3, 0.4) is 0 Å². The van der Waals surface area contributed by atoms with E-state index in [-0.39, 0.29) is 5.91 Å². The zero-order chi connectivity index (χ0) is 18.5. The average Bonchev–Trinajstić information content (AvgIpc) is 3.08. The van der Waals surface area contributed by atoms with Crippen molar-refractivity contribution in [3.63, 3.8) is 0 Å². The van der Waals surface area contributed by atoms with E-state index in [2.05, 4.69) is 18.8 Å². The molecule has 3 rings (SSSR count). The molecular weight excluding hydrogens is 349 g/mol. The SMILES string of the molecule is CC[NH+](CC)CCN(C(=O)c1cccc(F)c1)c1nc2ccccc2s1. The van der Waals surface area contributed by atoms with Crippen LogP contribution in [0.15, 0.2) is 48.5 Å². The summed E-state index contributed by atoms with van der Waals surface area (Å²) in [7, 11) is 0. The molecule has 1 N–H and O–H groups in total. The molecule has 0 aliphatic heterocycles. The number of para-hydroxylation sites is 1. The zero-order valence-corrected chi connectivity index (χ0v) is 15.9. The van der Waals surface area contributed by atoms with E-state index in [1.807, 2.05) is 24.3 Å². The number of nitrogens with zero attached hydrogens (tertiary/aromatic N) is 2. The van der Waals surface area contributed by atoms with Gasteiger partial charge in [-0.1, -0.05) is 29.5 Å². The fourth-order valence-electron chi connectivity index (χ4n) is 2.91. The van der Waals surface area contributed by atoms with Gasteiger partial charge in [-0.2, -0.15) is 0 Å². The van der Waals surface area contributed by atoms with Crippen LogP contribution in [0.25, 0.3) is 10.2 Å². The summed E-state index contributed by atoms with van der Waals surface area (Å²) in [6.07, 6.45) is 0. The van der Waals surface area contributed by atoms with E-state index in [1.165, 1.54) is 28.4 Å². The highest BCUT2D eigenvalue weighted by atomic mass is 32.1. The maximum absolute atomic E-state index is 13.6. The number of likely N-dealkylation sites (N-methyl/N-ethyl adjacent to an activating group) is 1. The van der Waals surface area contributed by atoms with Crippen LogP contribution in [0.1, 0.15) is 24.2 Å². The molecule has 1 aromatic heterocycles. The normalized spacial score (nSPS) is 11.2. The number of fused-ring (bicyclic) bond motifs is 1. The van der Waals surface area contributed by atoms with Crippen LogP contribution in [0, 0.1) is 5.82 Å². The summed E-state index contributed by atoms with van der Waals surface area (Å²) >= 11 is 1.49. The Hall–Kier alpha value is -2.31. The number of quaternary nitrogens is 1. The van der Waals surface area contributed by atoms with Crippen molar-refractivity contribution in [2.24, 2.45) is 0 Å². The summed E-state index contributed by atoms with van der Waals surface area (Å²) in [5.74, 6) is -0.621. The van der Waals surface area contributed by atoms with Gasteiger partial charge in [0.1, 0.15) is 5.82 Å². The van der Waals surface area contributed by atoms with E-state index < -0.39 is 5.82 Å². The Labute approximate surface area is 156 Å². The third-order valence-corrected chi connectivity index (χ3v) is 5.58. The average molecular weight is 372 g/mol. The smallest absolute Gasteiger partial charge is 0.260 e. The molecule has 1 amide bonds. The molecule has 1 heterocycles. The molecule has 136 valence electrons. The minimum Gasteiger partial charge on any atom is -0.334 e. The Balaban J connectivity index is 1.93. The lowest BCUT2D eigenvalue weighted by Gasteiger charge is -2.23. The number of hydrogen-bond acceptors (Lipinski definition) is 3. The van der Waals surface area contributed by atoms with Crippen molar-refractivity contribution >= 4 is 32.6 Å². The maximum Gasteiger partial charge on any atom is 0.260 e. The molecule has 6 heteroatoms. The molecule has 0 radical (unpaired) electrons. The van der Waals surface area contributed by atoms with Gasteiger partial charge in [-0.3, -0.25) is 9.69 Å². The number of aromatic nitrogens is 1. The van der Waals surface area contributed by atoms with Crippen molar-refractivity contribution in [2.75, 3.05) is 31.1 Å². The molecule has 0 unspecified atom stereocenters. The Morgan fingerprint density at radius 1 is 1.15 bits per heavy atom. The molecule has 4 nitrogen and oxygen atoms in total. The van der Waals surface area contributed by atoms with Crippen molar-refractivity contribution < 1.29 is 14.1 Å². The second-order valence-electron chi connectivity index (χ2n) is 6.14. The second kappa shape index (κ2) is 8.38. The number of halogens is 1. The van der Waals surface area contributed by atoms with Crippen LogP contribution in [-0.4, -0.2) is 37.1 Å². The van der Waals surface area contributed by atoms with Gasteiger partial charge in [0, 0.05) is 5.56 Å². The van der Waals surface area contributed by atoms with Crippen LogP contribution in [0.5, 0.6) is 0 Å². The first-order valence-corrected chi connectivity index (χ1v) is 9.70. The zero-order valence-electron chi connectivity index (χ0n) is 15.0. The van der Waals surface area contributed by atoms with Gasteiger partial charge in [0.15, 0.2) is 5.13 Å². The van der Waals surface area contributed by atoms with Crippen LogP contribution in [-0.2, 0) is 0 Å². The fraction of sp³-hybridized carbons (Fsp3) is 0.300. The summed E-state index contributed by atoms with van der Waals surface area (Å²) in [5, 5.41) is 0.659. The molecule has 0 atom stereocenters. The first-order chi connectivity index (χ1) is 12.6. The van der Waals surface area contributed by atoms with E-state index in [0.717, 1.165) is 29.9 Å². The summed E-state index contributed by atoms with van der Waals surface area (Å²) in [4.78, 5) is 20.8. The highest BCUT2D eigenvalue weighted by Gasteiger charge is 2.23. The van der Waals surface area contributed by atoms with E-state index in [9.17, 15) is 9.18 Å². The lowest BCUT2D eigenvalue weighted by Crippen LogP contribution is -3.12. The lowest BCUT2D eigenvalue weighted by atomic mass is 10.2. The molecule has 26 heavy (non-hydrogen) atoms. The van der Waals surface area contributed by atoms with Gasteiger partial charge in [-0.15, -0.1) is 0 Å². The van der Waals surface area contributed by atoms with Crippen molar-refractivity contribution in [3.8, 4) is 0 Å². The van der Waals surface area contributed by atoms with E-state index in [0.29, 0.717) is 17.2 Å². The minimum absolute atomic E-state index is 0.213. The molecule has 3 aromatic rings. The second-order valence-corrected chi connectivity index (χ2v) is 7.15. The monoisotopic (exact) mass is 372 g/mol. The van der Waals surface area contributed by atoms with Crippen LogP contribution in [0.2, 0.25) is 0 Å². The quantitative estimate of drug-likeness (QED) is 0.692. The number of thiazole rings is 1. The van der Waals surface area contributed by atoms with Gasteiger partial charge >= 0.3 is 0 Å². The predicted octanol–water partition coefficient (Wildman–Crippen LogP) is 3.01. The molecule has 0 aliphatic rings. The molecular formula is C20H23FN3OS+. The number of carbonyl (C=O) groups excluding carboxylic acids is 1. The number of benzene rings is 2. The number of anilines is 1. The third kappa shape index (κ3) is 4.08.